The topological polar surface area (TPSA) is 84.3 Å². The van der Waals surface area contributed by atoms with Crippen LogP contribution in [0.15, 0.2) is 52.9 Å². The number of nitrogens with zero attached hydrogens (tertiary/aromatic N) is 1. The zero-order chi connectivity index (χ0) is 13.9. The highest BCUT2D eigenvalue weighted by molar-refractivity contribution is 5.74. The number of nitrogens with one attached hydrogen (secondary N) is 1. The van der Waals surface area contributed by atoms with Crippen LogP contribution in [0.25, 0.3) is 11.1 Å². The van der Waals surface area contributed by atoms with E-state index in [9.17, 15) is 5.11 Å². The molecule has 3 aromatic rings. The van der Waals surface area contributed by atoms with E-state index in [4.69, 9.17) is 10.2 Å². The molecule has 2 aromatic carbocycles. The van der Waals surface area contributed by atoms with E-state index in [0.29, 0.717) is 18.2 Å². The zero-order valence-corrected chi connectivity index (χ0v) is 10.8. The lowest BCUT2D eigenvalue weighted by Crippen LogP contribution is -2.12. The first-order valence-corrected chi connectivity index (χ1v) is 6.35. The van der Waals surface area contributed by atoms with Crippen molar-refractivity contribution in [3.8, 4) is 0 Å². The van der Waals surface area contributed by atoms with Crippen LogP contribution < -0.4 is 11.1 Å². The monoisotopic (exact) mass is 269 g/mol. The van der Waals surface area contributed by atoms with Crippen molar-refractivity contribution in [1.29, 1.82) is 0 Å². The van der Waals surface area contributed by atoms with Gasteiger partial charge in [-0.3, -0.25) is 0 Å². The van der Waals surface area contributed by atoms with Crippen molar-refractivity contribution < 1.29 is 9.52 Å². The van der Waals surface area contributed by atoms with Gasteiger partial charge in [0.1, 0.15) is 5.52 Å². The lowest BCUT2D eigenvalue weighted by atomic mass is 10.1. The van der Waals surface area contributed by atoms with Crippen molar-refractivity contribution in [2.24, 2.45) is 0 Å². The second kappa shape index (κ2) is 5.22. The molecule has 0 radical (unpaired) electrons. The van der Waals surface area contributed by atoms with Gasteiger partial charge in [0, 0.05) is 12.2 Å². The third-order valence-electron chi connectivity index (χ3n) is 3.06. The molecule has 0 aliphatic rings. The van der Waals surface area contributed by atoms with Gasteiger partial charge in [0.05, 0.1) is 6.10 Å². The molecule has 20 heavy (non-hydrogen) atoms. The lowest BCUT2D eigenvalue weighted by molar-refractivity contribution is 0.191. The van der Waals surface area contributed by atoms with E-state index in [1.165, 1.54) is 0 Å². The molecule has 1 unspecified atom stereocenters. The number of rotatable bonds is 4. The molecule has 4 N–H and O–H groups in total. The Morgan fingerprint density at radius 3 is 2.65 bits per heavy atom. The first-order chi connectivity index (χ1) is 9.72. The van der Waals surface area contributed by atoms with E-state index in [-0.39, 0.29) is 0 Å². The first-order valence-electron chi connectivity index (χ1n) is 6.35. The summed E-state index contributed by atoms with van der Waals surface area (Å²) in [6, 6.07) is 15.0. The van der Waals surface area contributed by atoms with Crippen molar-refractivity contribution in [3.63, 3.8) is 0 Å². The Bertz CT molecular complexity index is 673. The second-order valence-corrected chi connectivity index (χ2v) is 4.55. The van der Waals surface area contributed by atoms with Gasteiger partial charge in [-0.05, 0) is 29.8 Å². The van der Waals surface area contributed by atoms with Gasteiger partial charge in [0.2, 0.25) is 0 Å². The molecule has 3 rings (SSSR count). The summed E-state index contributed by atoms with van der Waals surface area (Å²) >= 11 is 0. The SMILES string of the molecule is Nc1ccc(C(O)CNc2nc3ccccc3o2)cc1. The normalized spacial score (nSPS) is 12.4. The number of aliphatic hydroxyl groups is 1. The number of hydrogen-bond donors (Lipinski definition) is 3. The Labute approximate surface area is 116 Å². The van der Waals surface area contributed by atoms with Crippen LogP contribution in [0.4, 0.5) is 11.7 Å². The Morgan fingerprint density at radius 1 is 1.15 bits per heavy atom. The third kappa shape index (κ3) is 2.57. The number of hydrogen-bond acceptors (Lipinski definition) is 5. The number of fused-ring (bicyclic) bond motifs is 1. The van der Waals surface area contributed by atoms with Gasteiger partial charge in [-0.2, -0.15) is 4.98 Å². The summed E-state index contributed by atoms with van der Waals surface area (Å²) in [5.74, 6) is 0. The van der Waals surface area contributed by atoms with Crippen molar-refractivity contribution in [1.82, 2.24) is 4.98 Å². The molecule has 0 fully saturated rings. The number of benzene rings is 2. The molecule has 5 heteroatoms. The van der Waals surface area contributed by atoms with E-state index in [2.05, 4.69) is 10.3 Å². The summed E-state index contributed by atoms with van der Waals surface area (Å²) < 4.78 is 5.52. The average molecular weight is 269 g/mol. The smallest absolute Gasteiger partial charge is 0.295 e. The van der Waals surface area contributed by atoms with Gasteiger partial charge in [-0.15, -0.1) is 0 Å². The predicted octanol–water partition coefficient (Wildman–Crippen LogP) is 2.56. The van der Waals surface area contributed by atoms with Crippen LogP contribution in [0.2, 0.25) is 0 Å². The summed E-state index contributed by atoms with van der Waals surface area (Å²) in [5, 5.41) is 13.1. The number of nitrogen functional groups attached to an aromatic ring is 1. The van der Waals surface area contributed by atoms with Crippen LogP contribution in [0, 0.1) is 0 Å². The summed E-state index contributed by atoms with van der Waals surface area (Å²) in [7, 11) is 0. The van der Waals surface area contributed by atoms with Gasteiger partial charge in [0.15, 0.2) is 5.58 Å². The summed E-state index contributed by atoms with van der Waals surface area (Å²) in [5.41, 5.74) is 8.59. The van der Waals surface area contributed by atoms with E-state index in [1.807, 2.05) is 24.3 Å². The van der Waals surface area contributed by atoms with E-state index in [1.54, 1.807) is 24.3 Å². The second-order valence-electron chi connectivity index (χ2n) is 4.55. The molecule has 5 nitrogen and oxygen atoms in total. The van der Waals surface area contributed by atoms with E-state index >= 15 is 0 Å². The van der Waals surface area contributed by atoms with Crippen molar-refractivity contribution in [2.75, 3.05) is 17.6 Å². The maximum Gasteiger partial charge on any atom is 0.295 e. The Balaban J connectivity index is 1.68. The summed E-state index contributed by atoms with van der Waals surface area (Å²) in [6.45, 7) is 0.316. The number of aliphatic hydroxyl groups excluding tert-OH is 1. The van der Waals surface area contributed by atoms with Gasteiger partial charge in [-0.1, -0.05) is 24.3 Å². The van der Waals surface area contributed by atoms with Crippen molar-refractivity contribution in [3.05, 3.63) is 54.1 Å². The molecule has 0 aliphatic carbocycles. The van der Waals surface area contributed by atoms with Crippen LogP contribution in [0.1, 0.15) is 11.7 Å². The molecule has 0 amide bonds. The highest BCUT2D eigenvalue weighted by atomic mass is 16.4. The minimum atomic E-state index is -0.648. The van der Waals surface area contributed by atoms with Crippen LogP contribution in [0.5, 0.6) is 0 Å². The number of oxazole rings is 1. The van der Waals surface area contributed by atoms with Gasteiger partial charge in [-0.25, -0.2) is 0 Å². The Kier molecular flexibility index (Phi) is 3.26. The highest BCUT2D eigenvalue weighted by Gasteiger charge is 2.09. The molecule has 102 valence electrons. The average Bonchev–Trinajstić information content (AvgIpc) is 2.88. The minimum Gasteiger partial charge on any atom is -0.424 e. The fourth-order valence-corrected chi connectivity index (χ4v) is 1.97. The molecule has 1 aromatic heterocycles. The van der Waals surface area contributed by atoms with Crippen LogP contribution in [0.3, 0.4) is 0 Å². The molecule has 1 heterocycles. The van der Waals surface area contributed by atoms with Gasteiger partial charge in [0.25, 0.3) is 6.01 Å². The Morgan fingerprint density at radius 2 is 1.90 bits per heavy atom. The molecule has 0 aliphatic heterocycles. The molecule has 0 saturated carbocycles. The van der Waals surface area contributed by atoms with Crippen molar-refractivity contribution >= 4 is 22.8 Å². The largest absolute Gasteiger partial charge is 0.424 e. The lowest BCUT2D eigenvalue weighted by Gasteiger charge is -2.11. The molecule has 0 bridgehead atoms. The molecule has 0 saturated heterocycles. The third-order valence-corrected chi connectivity index (χ3v) is 3.06. The number of anilines is 2. The van der Waals surface area contributed by atoms with E-state index < -0.39 is 6.10 Å². The maximum absolute atomic E-state index is 10.1. The number of aromatic nitrogens is 1. The highest BCUT2D eigenvalue weighted by Crippen LogP contribution is 2.20. The zero-order valence-electron chi connectivity index (χ0n) is 10.8. The predicted molar refractivity (Wildman–Crippen MR) is 78.3 cm³/mol. The first kappa shape index (κ1) is 12.5. The molecular formula is C15H15N3O2. The van der Waals surface area contributed by atoms with Gasteiger partial charge < -0.3 is 20.6 Å². The number of para-hydroxylation sites is 2. The number of nitrogens with two attached hydrogens (primary N) is 1. The quantitative estimate of drug-likeness (QED) is 0.634. The fraction of sp³-hybridized carbons (Fsp3) is 0.133. The Hall–Kier alpha value is -2.53. The maximum atomic E-state index is 10.1. The van der Waals surface area contributed by atoms with E-state index in [0.717, 1.165) is 16.7 Å². The van der Waals surface area contributed by atoms with Crippen molar-refractivity contribution in [2.45, 2.75) is 6.10 Å². The summed E-state index contributed by atoms with van der Waals surface area (Å²) in [6.07, 6.45) is -0.648. The van der Waals surface area contributed by atoms with Crippen LogP contribution in [-0.2, 0) is 0 Å². The minimum absolute atomic E-state index is 0.316. The standard InChI is InChI=1S/C15H15N3O2/c16-11-7-5-10(6-8-11)13(19)9-17-15-18-12-3-1-2-4-14(12)20-15/h1-8,13,19H,9,16H2,(H,17,18). The molecular weight excluding hydrogens is 254 g/mol. The van der Waals surface area contributed by atoms with Gasteiger partial charge >= 0.3 is 0 Å². The molecule has 1 atom stereocenters. The van der Waals surface area contributed by atoms with Crippen LogP contribution in [-0.4, -0.2) is 16.6 Å². The fourth-order valence-electron chi connectivity index (χ4n) is 1.97. The summed E-state index contributed by atoms with van der Waals surface area (Å²) in [4.78, 5) is 4.28. The van der Waals surface area contributed by atoms with Crippen LogP contribution >= 0.6 is 0 Å². The molecule has 0 spiro atoms.